The molecule has 2 aliphatic rings. The Bertz CT molecular complexity index is 1320. The largest absolute Gasteiger partial charge is 0.481 e. The molecule has 2 unspecified atom stereocenters. The molecule has 4 rings (SSSR count). The molecule has 0 bridgehead atoms. The van der Waals surface area contributed by atoms with Crippen molar-refractivity contribution in [1.82, 2.24) is 20.2 Å². The van der Waals surface area contributed by atoms with Crippen LogP contribution in [0.15, 0.2) is 28.0 Å². The van der Waals surface area contributed by atoms with E-state index < -0.39 is 40.6 Å². The highest BCUT2D eigenvalue weighted by molar-refractivity contribution is 8.00. The van der Waals surface area contributed by atoms with Gasteiger partial charge in [-0.1, -0.05) is 5.16 Å². The second-order valence-corrected chi connectivity index (χ2v) is 11.3. The zero-order chi connectivity index (χ0) is 27.6. The summed E-state index contributed by atoms with van der Waals surface area (Å²) in [6, 6.07) is 0.554. The molecule has 18 heteroatoms. The van der Waals surface area contributed by atoms with Crippen molar-refractivity contribution >= 4 is 75.3 Å². The van der Waals surface area contributed by atoms with Crippen molar-refractivity contribution in [2.45, 2.75) is 23.1 Å². The smallest absolute Gasteiger partial charge is 0.362 e. The predicted octanol–water partition coefficient (Wildman–Crippen LogP) is -1.31. The van der Waals surface area contributed by atoms with E-state index in [-0.39, 0.29) is 52.1 Å². The minimum atomic E-state index is -1.34. The fourth-order valence-corrected chi connectivity index (χ4v) is 7.24. The topological polar surface area (TPSA) is 227 Å². The molecule has 7 N–H and O–H groups in total. The van der Waals surface area contributed by atoms with Gasteiger partial charge in [0.1, 0.15) is 29.6 Å². The molecule has 0 spiro atoms. The van der Waals surface area contributed by atoms with Gasteiger partial charge in [-0.2, -0.15) is 0 Å². The number of hydrogen-bond acceptors (Lipinski definition) is 13. The monoisotopic (exact) mass is 583 g/mol. The molecule has 2 aromatic rings. The number of aromatic nitrogens is 3. The lowest BCUT2D eigenvalue weighted by atomic mass is 9.89. The van der Waals surface area contributed by atoms with Crippen molar-refractivity contribution in [2.75, 3.05) is 36.6 Å². The maximum Gasteiger partial charge on any atom is 0.362 e. The van der Waals surface area contributed by atoms with E-state index in [2.05, 4.69) is 20.4 Å². The standard InChI is InChI=1S/C20H22N8O7S3/c1-35-26-12(9-5-36-18(22)23-9)14(31)25-13-15(32)28-6-20(17(33)34,7-37-16(13)28)8-38-19-24-10(21)2-3-27(19)4-11(29)30/h2-3,5,13,16,21H,4,6-8H2,1H3,(H5,22,23,25,29,30,31,33,34)/p+1/t13?,16-,20?/m1/s1. The van der Waals surface area contributed by atoms with E-state index in [4.69, 9.17) is 21.4 Å². The van der Waals surface area contributed by atoms with Gasteiger partial charge >= 0.3 is 17.1 Å². The highest BCUT2D eigenvalue weighted by Crippen LogP contribution is 2.44. The van der Waals surface area contributed by atoms with Crippen LogP contribution in [-0.4, -0.2) is 91.1 Å². The van der Waals surface area contributed by atoms with Crippen LogP contribution in [-0.2, 0) is 30.6 Å². The molecule has 2 aliphatic heterocycles. The Morgan fingerprint density at radius 3 is 2.76 bits per heavy atom. The summed E-state index contributed by atoms with van der Waals surface area (Å²) >= 11 is 3.39. The Balaban J connectivity index is 1.45. The summed E-state index contributed by atoms with van der Waals surface area (Å²) in [5.74, 6) is -3.02. The fraction of sp³-hybridized carbons (Fsp3) is 0.400. The van der Waals surface area contributed by atoms with Gasteiger partial charge in [0.05, 0.1) is 6.20 Å². The van der Waals surface area contributed by atoms with E-state index in [0.29, 0.717) is 0 Å². The molecule has 0 aliphatic carbocycles. The van der Waals surface area contributed by atoms with Crippen molar-refractivity contribution in [1.29, 1.82) is 0 Å². The molecule has 4 heterocycles. The highest BCUT2D eigenvalue weighted by Gasteiger charge is 2.57. The summed E-state index contributed by atoms with van der Waals surface area (Å²) in [5.41, 5.74) is 10.1. The van der Waals surface area contributed by atoms with E-state index in [1.165, 1.54) is 46.0 Å². The third-order valence-electron chi connectivity index (χ3n) is 5.73. The van der Waals surface area contributed by atoms with Gasteiger partial charge in [0.25, 0.3) is 5.91 Å². The van der Waals surface area contributed by atoms with E-state index in [1.807, 2.05) is 0 Å². The average Bonchev–Trinajstić information content (AvgIpc) is 3.30. The molecule has 2 aromatic heterocycles. The van der Waals surface area contributed by atoms with Crippen LogP contribution in [0.5, 0.6) is 0 Å². The minimum Gasteiger partial charge on any atom is -0.481 e. The maximum absolute atomic E-state index is 13.0. The first-order valence-electron chi connectivity index (χ1n) is 10.8. The number of amides is 2. The van der Waals surface area contributed by atoms with Crippen LogP contribution in [0.1, 0.15) is 5.69 Å². The molecule has 2 amide bonds. The van der Waals surface area contributed by atoms with Gasteiger partial charge in [-0.05, 0) is 16.7 Å². The van der Waals surface area contributed by atoms with Gasteiger partial charge in [-0.25, -0.2) is 14.3 Å². The first kappa shape index (κ1) is 27.4. The Morgan fingerprint density at radius 1 is 1.37 bits per heavy atom. The van der Waals surface area contributed by atoms with Crippen LogP contribution in [0, 0.1) is 5.41 Å². The second kappa shape index (κ2) is 11.0. The molecule has 3 atom stereocenters. The SMILES string of the molecule is CON=C(C(=O)NC1C(=O)N2CC(CSc3nc(N)cc[n+]3CC(=O)O)(C(=O)O)CS[C@H]12)c1csc(N)n1. The van der Waals surface area contributed by atoms with Gasteiger partial charge in [0, 0.05) is 29.5 Å². The highest BCUT2D eigenvalue weighted by atomic mass is 32.2. The summed E-state index contributed by atoms with van der Waals surface area (Å²) < 4.78 is 1.35. The van der Waals surface area contributed by atoms with Gasteiger partial charge in [-0.3, -0.25) is 14.4 Å². The number of carboxylic acids is 2. The van der Waals surface area contributed by atoms with Gasteiger partial charge in [0.15, 0.2) is 17.4 Å². The lowest BCUT2D eigenvalue weighted by Crippen LogP contribution is -2.74. The number of carboxylic acid groups (broad SMARTS) is 2. The number of nitrogens with zero attached hydrogens (tertiary/aromatic N) is 5. The normalized spacial score (nSPS) is 22.8. The van der Waals surface area contributed by atoms with Crippen molar-refractivity contribution in [3.8, 4) is 0 Å². The number of nitrogen functional groups attached to an aromatic ring is 2. The van der Waals surface area contributed by atoms with E-state index in [0.717, 1.165) is 23.1 Å². The fourth-order valence-electron chi connectivity index (χ4n) is 3.83. The number of β-lactam (4-membered cyclic amide) rings is 1. The number of hydrogen-bond donors (Lipinski definition) is 5. The van der Waals surface area contributed by atoms with Crippen molar-refractivity contribution in [3.63, 3.8) is 0 Å². The van der Waals surface area contributed by atoms with E-state index in [1.54, 1.807) is 0 Å². The molecular weight excluding hydrogens is 560 g/mol. The summed E-state index contributed by atoms with van der Waals surface area (Å²) in [4.78, 5) is 63.7. The number of aliphatic carboxylic acids is 2. The summed E-state index contributed by atoms with van der Waals surface area (Å²) in [7, 11) is 1.27. The first-order chi connectivity index (χ1) is 18.0. The summed E-state index contributed by atoms with van der Waals surface area (Å²) in [5, 5.41) is 27.1. The van der Waals surface area contributed by atoms with Gasteiger partial charge in [0.2, 0.25) is 11.7 Å². The number of carbonyl (C=O) groups excluding carboxylic acids is 2. The molecule has 15 nitrogen and oxygen atoms in total. The van der Waals surface area contributed by atoms with Crippen LogP contribution < -0.4 is 21.4 Å². The summed E-state index contributed by atoms with van der Waals surface area (Å²) in [6.07, 6.45) is 1.46. The number of thiazole rings is 1. The number of fused-ring (bicyclic) bond motifs is 1. The zero-order valence-electron chi connectivity index (χ0n) is 19.8. The van der Waals surface area contributed by atoms with Crippen LogP contribution in [0.3, 0.4) is 0 Å². The lowest BCUT2D eigenvalue weighted by Gasteiger charge is -2.53. The van der Waals surface area contributed by atoms with Crippen LogP contribution in [0.2, 0.25) is 0 Å². The number of nitrogens with one attached hydrogen (secondary N) is 1. The first-order valence-corrected chi connectivity index (χ1v) is 13.8. The van der Waals surface area contributed by atoms with Crippen molar-refractivity contribution < 1.29 is 38.8 Å². The Hall–Kier alpha value is -3.64. The molecule has 2 saturated heterocycles. The van der Waals surface area contributed by atoms with Crippen molar-refractivity contribution in [3.05, 3.63) is 23.3 Å². The Kier molecular flexibility index (Phi) is 7.93. The molecule has 0 saturated carbocycles. The molecule has 0 aromatic carbocycles. The summed E-state index contributed by atoms with van der Waals surface area (Å²) in [6.45, 7) is -0.471. The molecular formula is C20H23N8O7S3+. The van der Waals surface area contributed by atoms with Gasteiger partial charge in [-0.15, -0.1) is 23.1 Å². The quantitative estimate of drug-likeness (QED) is 0.0547. The molecule has 38 heavy (non-hydrogen) atoms. The second-order valence-electron chi connectivity index (χ2n) is 8.34. The number of oxime groups is 1. The average molecular weight is 584 g/mol. The predicted molar refractivity (Wildman–Crippen MR) is 137 cm³/mol. The number of carbonyl (C=O) groups is 4. The van der Waals surface area contributed by atoms with Crippen LogP contribution >= 0.6 is 34.9 Å². The number of rotatable bonds is 10. The number of anilines is 2. The number of nitrogens with two attached hydrogens (primary N) is 2. The van der Waals surface area contributed by atoms with E-state index in [9.17, 15) is 24.3 Å². The third-order valence-corrected chi connectivity index (χ3v) is 9.27. The third kappa shape index (κ3) is 5.46. The zero-order valence-corrected chi connectivity index (χ0v) is 22.2. The van der Waals surface area contributed by atoms with Gasteiger partial charge < -0.3 is 36.7 Å². The van der Waals surface area contributed by atoms with Crippen LogP contribution in [0.25, 0.3) is 0 Å². The Labute approximate surface area is 227 Å². The van der Waals surface area contributed by atoms with Crippen molar-refractivity contribution in [2.24, 2.45) is 10.6 Å². The minimum absolute atomic E-state index is 0.00875. The number of thioether (sulfide) groups is 2. The molecule has 0 radical (unpaired) electrons. The van der Waals surface area contributed by atoms with E-state index >= 15 is 0 Å². The molecule has 202 valence electrons. The van der Waals surface area contributed by atoms with Crippen LogP contribution in [0.4, 0.5) is 10.9 Å². The molecule has 2 fully saturated rings. The maximum atomic E-state index is 13.0. The lowest BCUT2D eigenvalue weighted by molar-refractivity contribution is -0.726. The Morgan fingerprint density at radius 2 is 2.13 bits per heavy atom.